The van der Waals surface area contributed by atoms with Crippen molar-refractivity contribution in [2.24, 2.45) is 0 Å². The largest absolute Gasteiger partial charge is 0.493 e. The van der Waals surface area contributed by atoms with Crippen LogP contribution in [-0.4, -0.2) is 6.61 Å². The first-order valence-corrected chi connectivity index (χ1v) is 3.72. The molecule has 0 saturated heterocycles. The zero-order valence-corrected chi connectivity index (χ0v) is 6.71. The summed E-state index contributed by atoms with van der Waals surface area (Å²) in [6.07, 6.45) is 1.80. The monoisotopic (exact) mass is 148 g/mol. The van der Waals surface area contributed by atoms with Gasteiger partial charge in [-0.15, -0.1) is 0 Å². The van der Waals surface area contributed by atoms with Crippen molar-refractivity contribution in [3.05, 3.63) is 36.4 Å². The SMILES string of the molecule is C=Cc1ccccc1OCC. The van der Waals surface area contributed by atoms with Gasteiger partial charge in [0.1, 0.15) is 5.75 Å². The van der Waals surface area contributed by atoms with E-state index in [1.54, 1.807) is 6.08 Å². The predicted molar refractivity (Wildman–Crippen MR) is 47.7 cm³/mol. The summed E-state index contributed by atoms with van der Waals surface area (Å²) in [7, 11) is 0. The summed E-state index contributed by atoms with van der Waals surface area (Å²) >= 11 is 0. The van der Waals surface area contributed by atoms with Crippen LogP contribution >= 0.6 is 0 Å². The Balaban J connectivity index is 2.92. The summed E-state index contributed by atoms with van der Waals surface area (Å²) in [5, 5.41) is 0. The molecule has 0 N–H and O–H groups in total. The van der Waals surface area contributed by atoms with E-state index in [1.165, 1.54) is 0 Å². The number of hydrogen-bond acceptors (Lipinski definition) is 1. The van der Waals surface area contributed by atoms with Gasteiger partial charge in [0.15, 0.2) is 0 Å². The van der Waals surface area contributed by atoms with E-state index in [0.29, 0.717) is 6.61 Å². The highest BCUT2D eigenvalue weighted by Crippen LogP contribution is 2.18. The average molecular weight is 148 g/mol. The van der Waals surface area contributed by atoms with E-state index < -0.39 is 0 Å². The van der Waals surface area contributed by atoms with Crippen LogP contribution in [0.4, 0.5) is 0 Å². The first-order valence-electron chi connectivity index (χ1n) is 3.72. The van der Waals surface area contributed by atoms with Crippen LogP contribution in [0, 0.1) is 0 Å². The smallest absolute Gasteiger partial charge is 0.126 e. The van der Waals surface area contributed by atoms with Crippen LogP contribution in [0.3, 0.4) is 0 Å². The second-order valence-electron chi connectivity index (χ2n) is 2.17. The highest BCUT2D eigenvalue weighted by atomic mass is 16.5. The Bertz CT molecular complexity index is 240. The van der Waals surface area contributed by atoms with E-state index in [2.05, 4.69) is 6.58 Å². The first kappa shape index (κ1) is 7.86. The van der Waals surface area contributed by atoms with Crippen molar-refractivity contribution in [1.82, 2.24) is 0 Å². The van der Waals surface area contributed by atoms with E-state index in [4.69, 9.17) is 4.74 Å². The number of hydrogen-bond donors (Lipinski definition) is 0. The quantitative estimate of drug-likeness (QED) is 0.640. The molecule has 0 atom stereocenters. The second-order valence-corrected chi connectivity index (χ2v) is 2.17. The van der Waals surface area contributed by atoms with Gasteiger partial charge < -0.3 is 4.74 Å². The van der Waals surface area contributed by atoms with Crippen LogP contribution in [0.15, 0.2) is 30.8 Å². The Morgan fingerprint density at radius 2 is 2.18 bits per heavy atom. The van der Waals surface area contributed by atoms with Crippen molar-refractivity contribution >= 4 is 6.08 Å². The lowest BCUT2D eigenvalue weighted by atomic mass is 10.2. The molecule has 1 nitrogen and oxygen atoms in total. The average Bonchev–Trinajstić information content (AvgIpc) is 2.06. The molecular formula is C10H12O. The maximum atomic E-state index is 5.36. The third-order valence-electron chi connectivity index (χ3n) is 1.44. The van der Waals surface area contributed by atoms with Crippen molar-refractivity contribution in [3.8, 4) is 5.75 Å². The molecule has 0 heterocycles. The van der Waals surface area contributed by atoms with E-state index in [9.17, 15) is 0 Å². The van der Waals surface area contributed by atoms with Crippen molar-refractivity contribution in [2.75, 3.05) is 6.61 Å². The molecule has 1 aromatic carbocycles. The van der Waals surface area contributed by atoms with Crippen molar-refractivity contribution in [2.45, 2.75) is 6.92 Å². The van der Waals surface area contributed by atoms with Gasteiger partial charge in [-0.2, -0.15) is 0 Å². The molecule has 1 rings (SSSR count). The Morgan fingerprint density at radius 1 is 1.45 bits per heavy atom. The van der Waals surface area contributed by atoms with Crippen LogP contribution < -0.4 is 4.74 Å². The molecule has 0 bridgehead atoms. The molecule has 0 amide bonds. The molecule has 0 aliphatic rings. The summed E-state index contributed by atoms with van der Waals surface area (Å²) in [6.45, 7) is 6.37. The van der Waals surface area contributed by atoms with Crippen LogP contribution in [0.1, 0.15) is 12.5 Å². The summed E-state index contributed by atoms with van der Waals surface area (Å²) < 4.78 is 5.36. The third kappa shape index (κ3) is 1.84. The van der Waals surface area contributed by atoms with Crippen LogP contribution in [0.5, 0.6) is 5.75 Å². The van der Waals surface area contributed by atoms with Crippen LogP contribution in [-0.2, 0) is 0 Å². The number of ether oxygens (including phenoxy) is 1. The first-order chi connectivity index (χ1) is 5.38. The molecule has 0 aliphatic heterocycles. The minimum atomic E-state index is 0.699. The lowest BCUT2D eigenvalue weighted by molar-refractivity contribution is 0.339. The van der Waals surface area contributed by atoms with E-state index in [1.807, 2.05) is 31.2 Å². The summed E-state index contributed by atoms with van der Waals surface area (Å²) in [5.41, 5.74) is 1.05. The molecule has 0 spiro atoms. The molecule has 58 valence electrons. The van der Waals surface area contributed by atoms with Crippen LogP contribution in [0.25, 0.3) is 6.08 Å². The predicted octanol–water partition coefficient (Wildman–Crippen LogP) is 2.73. The number of benzene rings is 1. The Morgan fingerprint density at radius 3 is 2.82 bits per heavy atom. The van der Waals surface area contributed by atoms with Gasteiger partial charge in [-0.25, -0.2) is 0 Å². The van der Waals surface area contributed by atoms with Gasteiger partial charge in [0.2, 0.25) is 0 Å². The fourth-order valence-corrected chi connectivity index (χ4v) is 0.936. The zero-order chi connectivity index (χ0) is 8.10. The lowest BCUT2D eigenvalue weighted by Crippen LogP contribution is -1.92. The zero-order valence-electron chi connectivity index (χ0n) is 6.71. The molecule has 11 heavy (non-hydrogen) atoms. The minimum absolute atomic E-state index is 0.699. The topological polar surface area (TPSA) is 9.23 Å². The standard InChI is InChI=1S/C10H12O/c1-3-9-7-5-6-8-10(9)11-4-2/h3,5-8H,1,4H2,2H3. The van der Waals surface area contributed by atoms with E-state index in [-0.39, 0.29) is 0 Å². The Kier molecular flexibility index (Phi) is 2.73. The van der Waals surface area contributed by atoms with Crippen molar-refractivity contribution in [1.29, 1.82) is 0 Å². The van der Waals surface area contributed by atoms with Gasteiger partial charge in [-0.05, 0) is 13.0 Å². The summed E-state index contributed by atoms with van der Waals surface area (Å²) in [5.74, 6) is 0.907. The van der Waals surface area contributed by atoms with E-state index in [0.717, 1.165) is 11.3 Å². The molecular weight excluding hydrogens is 136 g/mol. The van der Waals surface area contributed by atoms with Gasteiger partial charge in [0.25, 0.3) is 0 Å². The molecule has 1 aromatic rings. The van der Waals surface area contributed by atoms with Crippen LogP contribution in [0.2, 0.25) is 0 Å². The molecule has 0 aromatic heterocycles. The Labute approximate surface area is 67.3 Å². The molecule has 0 radical (unpaired) electrons. The minimum Gasteiger partial charge on any atom is -0.493 e. The molecule has 0 fully saturated rings. The van der Waals surface area contributed by atoms with Gasteiger partial charge in [0, 0.05) is 5.56 Å². The highest BCUT2D eigenvalue weighted by molar-refractivity contribution is 5.55. The van der Waals surface area contributed by atoms with Crippen molar-refractivity contribution < 1.29 is 4.74 Å². The number of rotatable bonds is 3. The fourth-order valence-electron chi connectivity index (χ4n) is 0.936. The second kappa shape index (κ2) is 3.81. The maximum Gasteiger partial charge on any atom is 0.126 e. The molecule has 0 unspecified atom stereocenters. The molecule has 0 saturated carbocycles. The highest BCUT2D eigenvalue weighted by Gasteiger charge is 1.95. The van der Waals surface area contributed by atoms with Gasteiger partial charge in [-0.3, -0.25) is 0 Å². The molecule has 1 heteroatoms. The normalized spacial score (nSPS) is 9.18. The lowest BCUT2D eigenvalue weighted by Gasteiger charge is -2.05. The molecule has 0 aliphatic carbocycles. The number of para-hydroxylation sites is 1. The van der Waals surface area contributed by atoms with E-state index >= 15 is 0 Å². The fraction of sp³-hybridized carbons (Fsp3) is 0.200. The summed E-state index contributed by atoms with van der Waals surface area (Å²) in [4.78, 5) is 0. The van der Waals surface area contributed by atoms with Gasteiger partial charge in [0.05, 0.1) is 6.61 Å². The maximum absolute atomic E-state index is 5.36. The Hall–Kier alpha value is -1.24. The van der Waals surface area contributed by atoms with Crippen molar-refractivity contribution in [3.63, 3.8) is 0 Å². The third-order valence-corrected chi connectivity index (χ3v) is 1.44. The van der Waals surface area contributed by atoms with Gasteiger partial charge >= 0.3 is 0 Å². The summed E-state index contributed by atoms with van der Waals surface area (Å²) in [6, 6.07) is 7.86. The van der Waals surface area contributed by atoms with Gasteiger partial charge in [-0.1, -0.05) is 30.9 Å².